The Kier molecular flexibility index (Phi) is 10.2. The first-order chi connectivity index (χ1) is 14.1. The number of rotatable bonds is 10. The summed E-state index contributed by atoms with van der Waals surface area (Å²) in [5.41, 5.74) is 5.97. The number of nitrogens with one attached hydrogen (secondary N) is 3. The Bertz CT molecular complexity index is 647. The van der Waals surface area contributed by atoms with Crippen LogP contribution in [0, 0.1) is 0 Å². The molecule has 1 heterocycles. The first-order valence-electron chi connectivity index (χ1n) is 10.3. The molecule has 1 atom stereocenters. The summed E-state index contributed by atoms with van der Waals surface area (Å²) in [7, 11) is 0. The Labute approximate surface area is 172 Å². The van der Waals surface area contributed by atoms with Crippen LogP contribution < -0.4 is 16.2 Å². The smallest absolute Gasteiger partial charge is 0.260 e. The van der Waals surface area contributed by atoms with Crippen molar-refractivity contribution in [2.75, 3.05) is 32.8 Å². The standard InChI is InChI=1S/C21H32N4O4/c1-2-3-9-19(26)23-24-21(28)18(11-10-17-7-5-4-6-8-17)22-20(27)16-25-12-14-29-15-13-25/h4-8,18H,2-3,9-16H2,1H3,(H,22,27)(H,23,26)(H,24,28)/t18-/m0/s1. The molecule has 1 fully saturated rings. The SMILES string of the molecule is CCCCC(=O)NNC(=O)[C@H](CCc1ccccc1)NC(=O)CN1CCOCC1. The second-order valence-electron chi connectivity index (χ2n) is 7.17. The summed E-state index contributed by atoms with van der Waals surface area (Å²) in [6.07, 6.45) is 3.10. The molecule has 1 aliphatic heterocycles. The summed E-state index contributed by atoms with van der Waals surface area (Å²) in [5, 5.41) is 2.82. The lowest BCUT2D eigenvalue weighted by molar-refractivity contribution is -0.133. The predicted molar refractivity (Wildman–Crippen MR) is 110 cm³/mol. The van der Waals surface area contributed by atoms with Gasteiger partial charge in [-0.15, -0.1) is 0 Å². The number of amides is 3. The third-order valence-electron chi connectivity index (χ3n) is 4.77. The predicted octanol–water partition coefficient (Wildman–Crippen LogP) is 0.774. The fourth-order valence-electron chi connectivity index (χ4n) is 3.05. The number of carbonyl (C=O) groups excluding carboxylic acids is 3. The monoisotopic (exact) mass is 404 g/mol. The first-order valence-corrected chi connectivity index (χ1v) is 10.3. The molecule has 0 saturated carbocycles. The van der Waals surface area contributed by atoms with Gasteiger partial charge in [0, 0.05) is 19.5 Å². The van der Waals surface area contributed by atoms with Crippen LogP contribution in [0.1, 0.15) is 38.2 Å². The number of hydrogen-bond donors (Lipinski definition) is 3. The summed E-state index contributed by atoms with van der Waals surface area (Å²) in [6, 6.07) is 9.05. The minimum Gasteiger partial charge on any atom is -0.379 e. The highest BCUT2D eigenvalue weighted by atomic mass is 16.5. The van der Waals surface area contributed by atoms with Gasteiger partial charge in [-0.1, -0.05) is 43.7 Å². The van der Waals surface area contributed by atoms with E-state index in [0.29, 0.717) is 45.6 Å². The molecule has 160 valence electrons. The van der Waals surface area contributed by atoms with Crippen molar-refractivity contribution < 1.29 is 19.1 Å². The number of benzene rings is 1. The van der Waals surface area contributed by atoms with Gasteiger partial charge in [0.2, 0.25) is 11.8 Å². The molecule has 3 N–H and O–H groups in total. The van der Waals surface area contributed by atoms with Crippen molar-refractivity contribution in [3.05, 3.63) is 35.9 Å². The second-order valence-corrected chi connectivity index (χ2v) is 7.17. The molecule has 0 aliphatic carbocycles. The third kappa shape index (κ3) is 9.06. The summed E-state index contributed by atoms with van der Waals surface area (Å²) < 4.78 is 5.29. The van der Waals surface area contributed by atoms with Crippen molar-refractivity contribution in [2.24, 2.45) is 0 Å². The van der Waals surface area contributed by atoms with Crippen molar-refractivity contribution in [3.8, 4) is 0 Å². The van der Waals surface area contributed by atoms with Crippen molar-refractivity contribution in [1.29, 1.82) is 0 Å². The van der Waals surface area contributed by atoms with E-state index in [1.54, 1.807) is 0 Å². The number of ether oxygens (including phenoxy) is 1. The average Bonchev–Trinajstić information content (AvgIpc) is 2.74. The Morgan fingerprint density at radius 3 is 2.48 bits per heavy atom. The number of hydrazine groups is 1. The van der Waals surface area contributed by atoms with Crippen LogP contribution in [0.3, 0.4) is 0 Å². The lowest BCUT2D eigenvalue weighted by Gasteiger charge is -2.27. The number of carbonyl (C=O) groups is 3. The maximum atomic E-state index is 12.6. The van der Waals surface area contributed by atoms with Crippen LogP contribution in [-0.4, -0.2) is 61.5 Å². The number of aryl methyl sites for hydroxylation is 1. The van der Waals surface area contributed by atoms with Crippen LogP contribution in [0.15, 0.2) is 30.3 Å². The molecular formula is C21H32N4O4. The van der Waals surface area contributed by atoms with E-state index >= 15 is 0 Å². The van der Waals surface area contributed by atoms with E-state index in [1.165, 1.54) is 0 Å². The second kappa shape index (κ2) is 12.9. The lowest BCUT2D eigenvalue weighted by atomic mass is 10.0. The zero-order valence-corrected chi connectivity index (χ0v) is 17.1. The maximum Gasteiger partial charge on any atom is 0.260 e. The van der Waals surface area contributed by atoms with Crippen LogP contribution in [0.2, 0.25) is 0 Å². The van der Waals surface area contributed by atoms with Crippen molar-refractivity contribution in [2.45, 2.75) is 45.1 Å². The minimum absolute atomic E-state index is 0.211. The topological polar surface area (TPSA) is 99.8 Å². The molecule has 1 aromatic rings. The lowest BCUT2D eigenvalue weighted by Crippen LogP contribution is -2.54. The van der Waals surface area contributed by atoms with Gasteiger partial charge in [0.05, 0.1) is 19.8 Å². The largest absolute Gasteiger partial charge is 0.379 e. The third-order valence-corrected chi connectivity index (χ3v) is 4.77. The van der Waals surface area contributed by atoms with Crippen molar-refractivity contribution >= 4 is 17.7 Å². The van der Waals surface area contributed by atoms with Crippen LogP contribution in [-0.2, 0) is 25.5 Å². The number of unbranched alkanes of at least 4 members (excludes halogenated alkanes) is 1. The number of hydrogen-bond acceptors (Lipinski definition) is 5. The average molecular weight is 405 g/mol. The van der Waals surface area contributed by atoms with E-state index in [1.807, 2.05) is 42.2 Å². The molecule has 0 radical (unpaired) electrons. The zero-order valence-electron chi connectivity index (χ0n) is 17.1. The van der Waals surface area contributed by atoms with Gasteiger partial charge in [-0.05, 0) is 24.8 Å². The van der Waals surface area contributed by atoms with Crippen molar-refractivity contribution in [3.63, 3.8) is 0 Å². The van der Waals surface area contributed by atoms with E-state index in [0.717, 1.165) is 18.4 Å². The molecule has 3 amide bonds. The molecule has 0 spiro atoms. The van der Waals surface area contributed by atoms with Gasteiger partial charge in [0.25, 0.3) is 5.91 Å². The fraction of sp³-hybridized carbons (Fsp3) is 0.571. The van der Waals surface area contributed by atoms with E-state index in [-0.39, 0.29) is 18.4 Å². The Hall–Kier alpha value is -2.45. The molecule has 0 bridgehead atoms. The fourth-order valence-corrected chi connectivity index (χ4v) is 3.05. The van der Waals surface area contributed by atoms with Crippen LogP contribution in [0.25, 0.3) is 0 Å². The van der Waals surface area contributed by atoms with Gasteiger partial charge < -0.3 is 10.1 Å². The normalized spacial score (nSPS) is 15.3. The highest BCUT2D eigenvalue weighted by Crippen LogP contribution is 2.06. The van der Waals surface area contributed by atoms with Crippen LogP contribution >= 0.6 is 0 Å². The molecule has 8 nitrogen and oxygen atoms in total. The van der Waals surface area contributed by atoms with E-state index < -0.39 is 11.9 Å². The summed E-state index contributed by atoms with van der Waals surface area (Å²) in [4.78, 5) is 38.8. The molecule has 0 aromatic heterocycles. The quantitative estimate of drug-likeness (QED) is 0.501. The molecular weight excluding hydrogens is 372 g/mol. The van der Waals surface area contributed by atoms with Gasteiger partial charge in [-0.25, -0.2) is 0 Å². The summed E-state index contributed by atoms with van der Waals surface area (Å²) in [5.74, 6) is -0.861. The highest BCUT2D eigenvalue weighted by Gasteiger charge is 2.23. The number of nitrogens with zero attached hydrogens (tertiary/aromatic N) is 1. The van der Waals surface area contributed by atoms with Gasteiger partial charge >= 0.3 is 0 Å². The van der Waals surface area contributed by atoms with Crippen molar-refractivity contribution in [1.82, 2.24) is 21.1 Å². The zero-order chi connectivity index (χ0) is 20.9. The molecule has 8 heteroatoms. The highest BCUT2D eigenvalue weighted by molar-refractivity contribution is 5.89. The Morgan fingerprint density at radius 1 is 1.07 bits per heavy atom. The maximum absolute atomic E-state index is 12.6. The van der Waals surface area contributed by atoms with Gasteiger partial charge in [-0.2, -0.15) is 0 Å². The van der Waals surface area contributed by atoms with Gasteiger partial charge in [0.15, 0.2) is 0 Å². The van der Waals surface area contributed by atoms with Crippen LogP contribution in [0.5, 0.6) is 0 Å². The summed E-state index contributed by atoms with van der Waals surface area (Å²) in [6.45, 7) is 4.82. The molecule has 0 unspecified atom stereocenters. The molecule has 1 aliphatic rings. The van der Waals surface area contributed by atoms with E-state index in [9.17, 15) is 14.4 Å². The van der Waals surface area contributed by atoms with E-state index in [4.69, 9.17) is 4.74 Å². The Morgan fingerprint density at radius 2 is 1.79 bits per heavy atom. The Balaban J connectivity index is 1.89. The summed E-state index contributed by atoms with van der Waals surface area (Å²) >= 11 is 0. The molecule has 2 rings (SSSR count). The number of morpholine rings is 1. The molecule has 1 aromatic carbocycles. The van der Waals surface area contributed by atoms with Gasteiger partial charge in [0.1, 0.15) is 6.04 Å². The minimum atomic E-state index is -0.727. The van der Waals surface area contributed by atoms with Gasteiger partial charge in [-0.3, -0.25) is 30.1 Å². The molecule has 1 saturated heterocycles. The van der Waals surface area contributed by atoms with Crippen LogP contribution in [0.4, 0.5) is 0 Å². The molecule has 29 heavy (non-hydrogen) atoms. The van der Waals surface area contributed by atoms with E-state index in [2.05, 4.69) is 16.2 Å². The first kappa shape index (κ1) is 22.8.